The molecule has 5 nitrogen and oxygen atoms in total. The molecule has 2 aromatic heterocycles. The maximum absolute atomic E-state index is 11.9. The van der Waals surface area contributed by atoms with Gasteiger partial charge in [-0.1, -0.05) is 0 Å². The van der Waals surface area contributed by atoms with Crippen molar-refractivity contribution in [1.29, 1.82) is 0 Å². The summed E-state index contributed by atoms with van der Waals surface area (Å²) in [6.07, 6.45) is 5.07. The first-order chi connectivity index (χ1) is 9.65. The number of rotatable bonds is 5. The zero-order chi connectivity index (χ0) is 14.4. The molecule has 2 rings (SSSR count). The predicted octanol–water partition coefficient (Wildman–Crippen LogP) is 2.23. The summed E-state index contributed by atoms with van der Waals surface area (Å²) in [5.41, 5.74) is 2.32. The monoisotopic (exact) mass is 270 g/mol. The highest BCUT2D eigenvalue weighted by molar-refractivity contribution is 5.92. The molecule has 0 aliphatic heterocycles. The minimum absolute atomic E-state index is 0.182. The van der Waals surface area contributed by atoms with E-state index in [1.165, 1.54) is 0 Å². The normalized spacial score (nSPS) is 10.3. The molecule has 104 valence electrons. The third-order valence-corrected chi connectivity index (χ3v) is 2.65. The first kappa shape index (κ1) is 14.0. The van der Waals surface area contributed by atoms with Crippen molar-refractivity contribution in [2.45, 2.75) is 26.4 Å². The Kier molecular flexibility index (Phi) is 4.65. The highest BCUT2D eigenvalue weighted by Gasteiger charge is 2.07. The van der Waals surface area contributed by atoms with Crippen molar-refractivity contribution in [2.75, 3.05) is 5.32 Å². The number of carbonyl (C=O) groups excluding carboxylic acids is 1. The van der Waals surface area contributed by atoms with Crippen LogP contribution in [0, 0.1) is 0 Å². The molecule has 2 N–H and O–H groups in total. The molecule has 0 bridgehead atoms. The number of pyridine rings is 2. The van der Waals surface area contributed by atoms with E-state index in [4.69, 9.17) is 0 Å². The van der Waals surface area contributed by atoms with E-state index >= 15 is 0 Å². The number of anilines is 1. The van der Waals surface area contributed by atoms with Crippen LogP contribution >= 0.6 is 0 Å². The number of carbonyl (C=O) groups is 1. The van der Waals surface area contributed by atoms with E-state index in [9.17, 15) is 4.79 Å². The smallest absolute Gasteiger partial charge is 0.270 e. The third kappa shape index (κ3) is 4.05. The minimum Gasteiger partial charge on any atom is -0.382 e. The zero-order valence-corrected chi connectivity index (χ0v) is 11.6. The Morgan fingerprint density at radius 3 is 2.55 bits per heavy atom. The molecular formula is C15H18N4O. The molecule has 0 unspecified atom stereocenters. The Labute approximate surface area is 118 Å². The van der Waals surface area contributed by atoms with Crippen molar-refractivity contribution in [3.8, 4) is 0 Å². The van der Waals surface area contributed by atoms with Crippen LogP contribution in [0.2, 0.25) is 0 Å². The summed E-state index contributed by atoms with van der Waals surface area (Å²) in [6.45, 7) is 4.57. The first-order valence-electron chi connectivity index (χ1n) is 6.55. The summed E-state index contributed by atoms with van der Waals surface area (Å²) in [5.74, 6) is -0.182. The van der Waals surface area contributed by atoms with Gasteiger partial charge < -0.3 is 10.6 Å². The highest BCUT2D eigenvalue weighted by atomic mass is 16.1. The number of aromatic nitrogens is 2. The van der Waals surface area contributed by atoms with Crippen molar-refractivity contribution in [3.05, 3.63) is 54.1 Å². The van der Waals surface area contributed by atoms with Crippen LogP contribution in [-0.4, -0.2) is 21.9 Å². The van der Waals surface area contributed by atoms with Gasteiger partial charge in [-0.05, 0) is 43.7 Å². The molecule has 1 amide bonds. The molecule has 2 heterocycles. The molecule has 0 atom stereocenters. The predicted molar refractivity (Wildman–Crippen MR) is 78.4 cm³/mol. The Hall–Kier alpha value is -2.43. The number of amides is 1. The van der Waals surface area contributed by atoms with Crippen molar-refractivity contribution < 1.29 is 4.79 Å². The second-order valence-electron chi connectivity index (χ2n) is 4.77. The van der Waals surface area contributed by atoms with Crippen molar-refractivity contribution in [3.63, 3.8) is 0 Å². The van der Waals surface area contributed by atoms with Crippen LogP contribution < -0.4 is 10.6 Å². The molecule has 0 aromatic carbocycles. The lowest BCUT2D eigenvalue weighted by atomic mass is 10.2. The molecule has 0 fully saturated rings. The molecule has 0 radical (unpaired) electrons. The van der Waals surface area contributed by atoms with E-state index in [0.29, 0.717) is 18.3 Å². The Bertz CT molecular complexity index is 552. The van der Waals surface area contributed by atoms with Gasteiger partial charge in [-0.25, -0.2) is 4.98 Å². The molecule has 0 aliphatic carbocycles. The maximum atomic E-state index is 11.9. The van der Waals surface area contributed by atoms with Gasteiger partial charge >= 0.3 is 0 Å². The largest absolute Gasteiger partial charge is 0.382 e. The molecule has 0 saturated heterocycles. The molecule has 20 heavy (non-hydrogen) atoms. The van der Waals surface area contributed by atoms with Gasteiger partial charge in [0.15, 0.2) is 0 Å². The third-order valence-electron chi connectivity index (χ3n) is 2.65. The lowest BCUT2D eigenvalue weighted by molar-refractivity contribution is 0.0946. The second kappa shape index (κ2) is 6.65. The van der Waals surface area contributed by atoms with Crippen LogP contribution in [-0.2, 0) is 6.54 Å². The number of nitrogens with zero attached hydrogens (tertiary/aromatic N) is 2. The van der Waals surface area contributed by atoms with E-state index in [-0.39, 0.29) is 5.91 Å². The SMILES string of the molecule is CC(C)Nc1ccc(C(=O)NCc2ccncc2)nc1. The minimum atomic E-state index is -0.182. The van der Waals surface area contributed by atoms with Crippen LogP contribution in [0.5, 0.6) is 0 Å². The van der Waals surface area contributed by atoms with Crippen LogP contribution in [0.4, 0.5) is 5.69 Å². The highest BCUT2D eigenvalue weighted by Crippen LogP contribution is 2.07. The van der Waals surface area contributed by atoms with E-state index in [2.05, 4.69) is 34.4 Å². The molecule has 5 heteroatoms. The molecular weight excluding hydrogens is 252 g/mol. The quantitative estimate of drug-likeness (QED) is 0.874. The van der Waals surface area contributed by atoms with E-state index in [0.717, 1.165) is 11.3 Å². The van der Waals surface area contributed by atoms with Crippen LogP contribution in [0.3, 0.4) is 0 Å². The summed E-state index contributed by atoms with van der Waals surface area (Å²) in [6, 6.07) is 7.64. The number of nitrogens with one attached hydrogen (secondary N) is 2. The lowest BCUT2D eigenvalue weighted by Crippen LogP contribution is -2.23. The molecule has 0 saturated carbocycles. The van der Waals surface area contributed by atoms with Gasteiger partial charge in [0, 0.05) is 25.0 Å². The fraction of sp³-hybridized carbons (Fsp3) is 0.267. The van der Waals surface area contributed by atoms with Crippen molar-refractivity contribution >= 4 is 11.6 Å². The van der Waals surface area contributed by atoms with Gasteiger partial charge in [-0.3, -0.25) is 9.78 Å². The lowest BCUT2D eigenvalue weighted by Gasteiger charge is -2.10. The standard InChI is InChI=1S/C15H18N4O/c1-11(2)19-13-3-4-14(17-10-13)15(20)18-9-12-5-7-16-8-6-12/h3-8,10-11,19H,9H2,1-2H3,(H,18,20). The molecule has 2 aromatic rings. The Morgan fingerprint density at radius 2 is 1.95 bits per heavy atom. The van der Waals surface area contributed by atoms with Gasteiger partial charge in [0.05, 0.1) is 11.9 Å². The van der Waals surface area contributed by atoms with Gasteiger partial charge in [0.25, 0.3) is 5.91 Å². The fourth-order valence-corrected chi connectivity index (χ4v) is 1.72. The summed E-state index contributed by atoms with van der Waals surface area (Å²) in [4.78, 5) is 20.0. The first-order valence-corrected chi connectivity index (χ1v) is 6.55. The Morgan fingerprint density at radius 1 is 1.20 bits per heavy atom. The zero-order valence-electron chi connectivity index (χ0n) is 11.6. The molecule has 0 aliphatic rings. The van der Waals surface area contributed by atoms with Crippen LogP contribution in [0.1, 0.15) is 29.9 Å². The summed E-state index contributed by atoms with van der Waals surface area (Å²) in [7, 11) is 0. The van der Waals surface area contributed by atoms with Gasteiger partial charge in [0.1, 0.15) is 5.69 Å². The van der Waals surface area contributed by atoms with Crippen LogP contribution in [0.25, 0.3) is 0 Å². The van der Waals surface area contributed by atoms with E-state index in [1.807, 2.05) is 18.2 Å². The maximum Gasteiger partial charge on any atom is 0.270 e. The summed E-state index contributed by atoms with van der Waals surface area (Å²) in [5, 5.41) is 6.05. The van der Waals surface area contributed by atoms with Crippen molar-refractivity contribution in [1.82, 2.24) is 15.3 Å². The van der Waals surface area contributed by atoms with E-state index in [1.54, 1.807) is 24.7 Å². The molecule has 0 spiro atoms. The topological polar surface area (TPSA) is 66.9 Å². The summed E-state index contributed by atoms with van der Waals surface area (Å²) >= 11 is 0. The van der Waals surface area contributed by atoms with Crippen molar-refractivity contribution in [2.24, 2.45) is 0 Å². The van der Waals surface area contributed by atoms with Gasteiger partial charge in [0.2, 0.25) is 0 Å². The van der Waals surface area contributed by atoms with Gasteiger partial charge in [-0.2, -0.15) is 0 Å². The van der Waals surface area contributed by atoms with Gasteiger partial charge in [-0.15, -0.1) is 0 Å². The fourth-order valence-electron chi connectivity index (χ4n) is 1.72. The Balaban J connectivity index is 1.92. The summed E-state index contributed by atoms with van der Waals surface area (Å²) < 4.78 is 0. The number of hydrogen-bond donors (Lipinski definition) is 2. The number of hydrogen-bond acceptors (Lipinski definition) is 4. The van der Waals surface area contributed by atoms with Crippen LogP contribution in [0.15, 0.2) is 42.9 Å². The average Bonchev–Trinajstić information content (AvgIpc) is 2.46. The average molecular weight is 270 g/mol. The van der Waals surface area contributed by atoms with E-state index < -0.39 is 0 Å². The second-order valence-corrected chi connectivity index (χ2v) is 4.77.